The first-order chi connectivity index (χ1) is 9.56. The van der Waals surface area contributed by atoms with Crippen LogP contribution in [0.5, 0.6) is 0 Å². The van der Waals surface area contributed by atoms with E-state index in [1.807, 2.05) is 0 Å². The summed E-state index contributed by atoms with van der Waals surface area (Å²) in [6.45, 7) is 1.15. The van der Waals surface area contributed by atoms with E-state index in [9.17, 15) is 14.7 Å². The molecule has 6 nitrogen and oxygen atoms in total. The number of hydrogen-bond donors (Lipinski definition) is 2. The number of aliphatic hydroxyl groups is 1. The number of piperidine rings is 1. The van der Waals surface area contributed by atoms with E-state index in [1.54, 1.807) is 30.1 Å². The molecule has 0 radical (unpaired) electrons. The summed E-state index contributed by atoms with van der Waals surface area (Å²) < 4.78 is 1.51. The molecule has 106 valence electrons. The molecule has 1 fully saturated rings. The molecule has 1 aliphatic heterocycles. The Bertz CT molecular complexity index is 708. The number of aliphatic hydroxyl groups excluding tert-OH is 1. The molecule has 1 aliphatic rings. The van der Waals surface area contributed by atoms with Gasteiger partial charge in [0.2, 0.25) is 0 Å². The van der Waals surface area contributed by atoms with Gasteiger partial charge in [0.05, 0.1) is 17.1 Å². The third-order valence-electron chi connectivity index (χ3n) is 3.90. The van der Waals surface area contributed by atoms with Gasteiger partial charge in [-0.05, 0) is 31.0 Å². The van der Waals surface area contributed by atoms with Gasteiger partial charge in [0, 0.05) is 25.7 Å². The number of aryl methyl sites for hydroxylation is 1. The number of carbonyl (C=O) groups is 1. The highest BCUT2D eigenvalue weighted by Crippen LogP contribution is 2.17. The summed E-state index contributed by atoms with van der Waals surface area (Å²) in [6.07, 6.45) is 0.943. The van der Waals surface area contributed by atoms with E-state index in [0.29, 0.717) is 37.0 Å². The number of hydrogen-bond acceptors (Lipinski definition) is 3. The van der Waals surface area contributed by atoms with Gasteiger partial charge in [-0.3, -0.25) is 9.36 Å². The Balaban J connectivity index is 1.90. The standard InChI is InChI=1S/C14H17N3O3/c1-16-12-3-2-9(8-11(12)15-14(16)20)13(19)17-6-4-10(18)5-7-17/h2-3,8,10,18H,4-7H2,1H3,(H,15,20). The molecule has 20 heavy (non-hydrogen) atoms. The lowest BCUT2D eigenvalue weighted by Crippen LogP contribution is -2.40. The maximum Gasteiger partial charge on any atom is 0.326 e. The number of likely N-dealkylation sites (tertiary alicyclic amines) is 1. The minimum absolute atomic E-state index is 0.0523. The molecule has 6 heteroatoms. The maximum atomic E-state index is 12.4. The molecule has 0 aliphatic carbocycles. The smallest absolute Gasteiger partial charge is 0.326 e. The van der Waals surface area contributed by atoms with Crippen molar-refractivity contribution in [3.63, 3.8) is 0 Å². The van der Waals surface area contributed by atoms with Crippen molar-refractivity contribution in [2.24, 2.45) is 7.05 Å². The topological polar surface area (TPSA) is 78.3 Å². The van der Waals surface area contributed by atoms with E-state index >= 15 is 0 Å². The molecular weight excluding hydrogens is 258 g/mol. The SMILES string of the molecule is Cn1c(=O)[nH]c2cc(C(=O)N3CCC(O)CC3)ccc21. The minimum Gasteiger partial charge on any atom is -0.393 e. The average molecular weight is 275 g/mol. The molecule has 1 saturated heterocycles. The molecule has 0 saturated carbocycles. The van der Waals surface area contributed by atoms with Gasteiger partial charge in [0.15, 0.2) is 0 Å². The normalized spacial score (nSPS) is 16.8. The Morgan fingerprint density at radius 2 is 2.05 bits per heavy atom. The van der Waals surface area contributed by atoms with Crippen molar-refractivity contribution in [2.75, 3.05) is 13.1 Å². The summed E-state index contributed by atoms with van der Waals surface area (Å²) in [5, 5.41) is 9.47. The van der Waals surface area contributed by atoms with Gasteiger partial charge in [-0.1, -0.05) is 0 Å². The molecule has 3 rings (SSSR count). The fourth-order valence-corrected chi connectivity index (χ4v) is 2.62. The van der Waals surface area contributed by atoms with E-state index in [1.165, 1.54) is 4.57 Å². The van der Waals surface area contributed by atoms with Crippen molar-refractivity contribution >= 4 is 16.9 Å². The molecular formula is C14H17N3O3. The molecule has 0 unspecified atom stereocenters. The first-order valence-electron chi connectivity index (χ1n) is 6.72. The fraction of sp³-hybridized carbons (Fsp3) is 0.429. The Hall–Kier alpha value is -2.08. The van der Waals surface area contributed by atoms with Crippen LogP contribution in [0.15, 0.2) is 23.0 Å². The highest BCUT2D eigenvalue weighted by molar-refractivity contribution is 5.97. The number of benzene rings is 1. The van der Waals surface area contributed by atoms with Gasteiger partial charge in [0.1, 0.15) is 0 Å². The average Bonchev–Trinajstić information content (AvgIpc) is 2.74. The van der Waals surface area contributed by atoms with Crippen LogP contribution in [-0.4, -0.2) is 44.7 Å². The zero-order valence-electron chi connectivity index (χ0n) is 11.3. The summed E-state index contributed by atoms with van der Waals surface area (Å²) >= 11 is 0. The van der Waals surface area contributed by atoms with Crippen LogP contribution in [0.25, 0.3) is 11.0 Å². The van der Waals surface area contributed by atoms with Crippen molar-refractivity contribution < 1.29 is 9.90 Å². The first-order valence-corrected chi connectivity index (χ1v) is 6.72. The zero-order valence-corrected chi connectivity index (χ0v) is 11.3. The number of amides is 1. The van der Waals surface area contributed by atoms with Crippen LogP contribution in [0.4, 0.5) is 0 Å². The van der Waals surface area contributed by atoms with Crippen molar-refractivity contribution in [3.05, 3.63) is 34.2 Å². The third-order valence-corrected chi connectivity index (χ3v) is 3.90. The van der Waals surface area contributed by atoms with Gasteiger partial charge in [-0.25, -0.2) is 4.79 Å². The first kappa shape index (κ1) is 12.9. The second-order valence-electron chi connectivity index (χ2n) is 5.24. The summed E-state index contributed by atoms with van der Waals surface area (Å²) in [4.78, 5) is 28.4. The molecule has 1 aromatic heterocycles. The van der Waals surface area contributed by atoms with Crippen LogP contribution in [-0.2, 0) is 7.05 Å². The highest BCUT2D eigenvalue weighted by Gasteiger charge is 2.22. The Morgan fingerprint density at radius 3 is 2.75 bits per heavy atom. The Kier molecular flexibility index (Phi) is 3.10. The number of nitrogens with zero attached hydrogens (tertiary/aromatic N) is 2. The van der Waals surface area contributed by atoms with Crippen LogP contribution in [0, 0.1) is 0 Å². The van der Waals surface area contributed by atoms with Gasteiger partial charge in [-0.2, -0.15) is 0 Å². The van der Waals surface area contributed by atoms with Crippen molar-refractivity contribution in [3.8, 4) is 0 Å². The largest absolute Gasteiger partial charge is 0.393 e. The lowest BCUT2D eigenvalue weighted by Gasteiger charge is -2.29. The molecule has 0 atom stereocenters. The Morgan fingerprint density at radius 1 is 1.35 bits per heavy atom. The van der Waals surface area contributed by atoms with E-state index in [0.717, 1.165) is 5.52 Å². The summed E-state index contributed by atoms with van der Waals surface area (Å²) in [5.74, 6) is -0.0523. The molecule has 2 N–H and O–H groups in total. The summed E-state index contributed by atoms with van der Waals surface area (Å²) in [5.41, 5.74) is 1.82. The third kappa shape index (κ3) is 2.12. The molecule has 0 bridgehead atoms. The van der Waals surface area contributed by atoms with Crippen molar-refractivity contribution in [1.29, 1.82) is 0 Å². The second kappa shape index (κ2) is 4.79. The van der Waals surface area contributed by atoms with E-state index in [2.05, 4.69) is 4.98 Å². The number of H-pyrrole nitrogens is 1. The highest BCUT2D eigenvalue weighted by atomic mass is 16.3. The van der Waals surface area contributed by atoms with Gasteiger partial charge in [-0.15, -0.1) is 0 Å². The van der Waals surface area contributed by atoms with Crippen LogP contribution < -0.4 is 5.69 Å². The zero-order chi connectivity index (χ0) is 14.3. The van der Waals surface area contributed by atoms with Crippen molar-refractivity contribution in [2.45, 2.75) is 18.9 Å². The maximum absolute atomic E-state index is 12.4. The van der Waals surface area contributed by atoms with E-state index in [-0.39, 0.29) is 17.7 Å². The molecule has 2 aromatic rings. The number of nitrogens with one attached hydrogen (secondary N) is 1. The number of aromatic amines is 1. The molecule has 1 amide bonds. The quantitative estimate of drug-likeness (QED) is 0.794. The van der Waals surface area contributed by atoms with Crippen LogP contribution in [0.2, 0.25) is 0 Å². The predicted molar refractivity (Wildman–Crippen MR) is 74.7 cm³/mol. The van der Waals surface area contributed by atoms with Gasteiger partial charge in [0.25, 0.3) is 5.91 Å². The number of aromatic nitrogens is 2. The van der Waals surface area contributed by atoms with Gasteiger partial charge >= 0.3 is 5.69 Å². The molecule has 0 spiro atoms. The predicted octanol–water partition coefficient (Wildman–Crippen LogP) is 0.463. The van der Waals surface area contributed by atoms with Crippen LogP contribution in [0.1, 0.15) is 23.2 Å². The van der Waals surface area contributed by atoms with E-state index < -0.39 is 0 Å². The number of rotatable bonds is 1. The summed E-state index contributed by atoms with van der Waals surface area (Å²) in [6, 6.07) is 5.23. The monoisotopic (exact) mass is 275 g/mol. The summed E-state index contributed by atoms with van der Waals surface area (Å²) in [7, 11) is 1.69. The molecule has 1 aromatic carbocycles. The number of fused-ring (bicyclic) bond motifs is 1. The molecule has 2 heterocycles. The van der Waals surface area contributed by atoms with Crippen LogP contribution >= 0.6 is 0 Å². The van der Waals surface area contributed by atoms with Crippen LogP contribution in [0.3, 0.4) is 0 Å². The minimum atomic E-state index is -0.299. The lowest BCUT2D eigenvalue weighted by atomic mass is 10.1. The number of carbonyl (C=O) groups excluding carboxylic acids is 1. The second-order valence-corrected chi connectivity index (χ2v) is 5.24. The van der Waals surface area contributed by atoms with E-state index in [4.69, 9.17) is 0 Å². The van der Waals surface area contributed by atoms with Gasteiger partial charge < -0.3 is 15.0 Å². The number of imidazole rings is 1. The Labute approximate surface area is 115 Å². The van der Waals surface area contributed by atoms with Crippen molar-refractivity contribution in [1.82, 2.24) is 14.5 Å². The fourth-order valence-electron chi connectivity index (χ4n) is 2.62. The lowest BCUT2D eigenvalue weighted by molar-refractivity contribution is 0.0546.